The molecule has 2 aromatic rings. The second-order valence-electron chi connectivity index (χ2n) is 4.34. The predicted molar refractivity (Wildman–Crippen MR) is 73.5 cm³/mol. The highest BCUT2D eigenvalue weighted by molar-refractivity contribution is 7.09. The monoisotopic (exact) mass is 246 g/mol. The lowest BCUT2D eigenvalue weighted by molar-refractivity contribution is 0.589. The predicted octanol–water partition coefficient (Wildman–Crippen LogP) is 3.26. The molecule has 0 aliphatic heterocycles. The molecule has 17 heavy (non-hydrogen) atoms. The Balaban J connectivity index is 2.16. The van der Waals surface area contributed by atoms with Crippen molar-refractivity contribution in [1.82, 2.24) is 10.3 Å². The molecule has 0 radical (unpaired) electrons. The quantitative estimate of drug-likeness (QED) is 0.895. The lowest BCUT2D eigenvalue weighted by Crippen LogP contribution is -2.18. The van der Waals surface area contributed by atoms with Gasteiger partial charge in [0.25, 0.3) is 0 Å². The topological polar surface area (TPSA) is 24.9 Å². The summed E-state index contributed by atoms with van der Waals surface area (Å²) >= 11 is 1.74. The van der Waals surface area contributed by atoms with E-state index in [2.05, 4.69) is 46.9 Å². The minimum Gasteiger partial charge on any atom is -0.313 e. The molecule has 1 aromatic carbocycles. The molecule has 0 fully saturated rings. The lowest BCUT2D eigenvalue weighted by Gasteiger charge is -2.15. The van der Waals surface area contributed by atoms with Crippen LogP contribution in [0.2, 0.25) is 0 Å². The zero-order valence-corrected chi connectivity index (χ0v) is 11.3. The van der Waals surface area contributed by atoms with E-state index in [1.54, 1.807) is 11.3 Å². The first-order valence-electron chi connectivity index (χ1n) is 5.84. The molecular formula is C14H18N2S. The third-order valence-corrected chi connectivity index (χ3v) is 3.83. The fraction of sp³-hybridized carbons (Fsp3) is 0.357. The van der Waals surface area contributed by atoms with Crippen LogP contribution in [0.4, 0.5) is 0 Å². The largest absolute Gasteiger partial charge is 0.313 e. The second kappa shape index (κ2) is 5.43. The van der Waals surface area contributed by atoms with Gasteiger partial charge in [0.15, 0.2) is 0 Å². The van der Waals surface area contributed by atoms with Gasteiger partial charge in [-0.15, -0.1) is 11.3 Å². The molecule has 3 heteroatoms. The van der Waals surface area contributed by atoms with Crippen LogP contribution in [0, 0.1) is 13.8 Å². The molecule has 1 N–H and O–H groups in total. The molecule has 0 bridgehead atoms. The fourth-order valence-electron chi connectivity index (χ4n) is 1.94. The van der Waals surface area contributed by atoms with Crippen molar-refractivity contribution in [3.63, 3.8) is 0 Å². The molecule has 2 rings (SSSR count). The van der Waals surface area contributed by atoms with Crippen LogP contribution in [0.5, 0.6) is 0 Å². The Kier molecular flexibility index (Phi) is 3.92. The standard InChI is InChI=1S/C14H18N2S/c1-10-5-4-6-12(7-10)13(15-3)8-14-16-11(2)9-17-14/h4-7,9,13,15H,8H2,1-3H3. The van der Waals surface area contributed by atoms with Gasteiger partial charge in [-0.1, -0.05) is 29.8 Å². The number of nitrogens with zero attached hydrogens (tertiary/aromatic N) is 1. The van der Waals surface area contributed by atoms with Crippen molar-refractivity contribution in [2.45, 2.75) is 26.3 Å². The van der Waals surface area contributed by atoms with E-state index < -0.39 is 0 Å². The van der Waals surface area contributed by atoms with Crippen molar-refractivity contribution in [3.8, 4) is 0 Å². The number of aryl methyl sites for hydroxylation is 2. The van der Waals surface area contributed by atoms with E-state index in [1.807, 2.05) is 14.0 Å². The molecule has 0 aliphatic rings. The maximum Gasteiger partial charge on any atom is 0.0947 e. The van der Waals surface area contributed by atoms with Gasteiger partial charge < -0.3 is 5.32 Å². The molecule has 0 amide bonds. The first kappa shape index (κ1) is 12.3. The Bertz CT molecular complexity index is 490. The highest BCUT2D eigenvalue weighted by Gasteiger charge is 2.12. The highest BCUT2D eigenvalue weighted by Crippen LogP contribution is 2.21. The summed E-state index contributed by atoms with van der Waals surface area (Å²) in [7, 11) is 2.01. The van der Waals surface area contributed by atoms with Crippen LogP contribution in [-0.4, -0.2) is 12.0 Å². The van der Waals surface area contributed by atoms with Crippen molar-refractivity contribution in [2.75, 3.05) is 7.05 Å². The van der Waals surface area contributed by atoms with E-state index in [-0.39, 0.29) is 0 Å². The van der Waals surface area contributed by atoms with Crippen LogP contribution >= 0.6 is 11.3 Å². The van der Waals surface area contributed by atoms with Crippen molar-refractivity contribution >= 4 is 11.3 Å². The Labute approximate surface area is 107 Å². The van der Waals surface area contributed by atoms with E-state index in [4.69, 9.17) is 0 Å². The summed E-state index contributed by atoms with van der Waals surface area (Å²) in [6.07, 6.45) is 0.957. The van der Waals surface area contributed by atoms with Crippen LogP contribution in [0.1, 0.15) is 27.9 Å². The maximum absolute atomic E-state index is 4.52. The number of hydrogen-bond donors (Lipinski definition) is 1. The Morgan fingerprint density at radius 2 is 2.18 bits per heavy atom. The first-order valence-corrected chi connectivity index (χ1v) is 6.72. The molecule has 1 unspecified atom stereocenters. The molecule has 1 aromatic heterocycles. The van der Waals surface area contributed by atoms with E-state index >= 15 is 0 Å². The molecule has 90 valence electrons. The van der Waals surface area contributed by atoms with Gasteiger partial charge in [0.2, 0.25) is 0 Å². The Morgan fingerprint density at radius 1 is 1.35 bits per heavy atom. The minimum absolute atomic E-state index is 0.348. The van der Waals surface area contributed by atoms with Crippen molar-refractivity contribution in [2.24, 2.45) is 0 Å². The maximum atomic E-state index is 4.52. The minimum atomic E-state index is 0.348. The van der Waals surface area contributed by atoms with Crippen molar-refractivity contribution < 1.29 is 0 Å². The van der Waals surface area contributed by atoms with Crippen molar-refractivity contribution in [1.29, 1.82) is 0 Å². The second-order valence-corrected chi connectivity index (χ2v) is 5.28. The SMILES string of the molecule is CNC(Cc1nc(C)cs1)c1cccc(C)c1. The van der Waals surface area contributed by atoms with Crippen molar-refractivity contribution in [3.05, 3.63) is 51.5 Å². The average molecular weight is 246 g/mol. The summed E-state index contributed by atoms with van der Waals surface area (Å²) in [6, 6.07) is 9.00. The molecule has 0 aliphatic carbocycles. The first-order chi connectivity index (χ1) is 8.19. The summed E-state index contributed by atoms with van der Waals surface area (Å²) < 4.78 is 0. The van der Waals surface area contributed by atoms with Gasteiger partial charge in [0.1, 0.15) is 0 Å². The summed E-state index contributed by atoms with van der Waals surface area (Å²) in [4.78, 5) is 4.52. The third kappa shape index (κ3) is 3.14. The molecule has 0 saturated heterocycles. The van der Waals surface area contributed by atoms with Gasteiger partial charge >= 0.3 is 0 Å². The summed E-state index contributed by atoms with van der Waals surface area (Å²) in [5, 5.41) is 6.68. The van der Waals surface area contributed by atoms with Gasteiger partial charge in [-0.05, 0) is 26.5 Å². The summed E-state index contributed by atoms with van der Waals surface area (Å²) in [5.74, 6) is 0. The highest BCUT2D eigenvalue weighted by atomic mass is 32.1. The van der Waals surface area contributed by atoms with Crippen LogP contribution < -0.4 is 5.32 Å². The number of thiazole rings is 1. The fourth-order valence-corrected chi connectivity index (χ4v) is 2.76. The van der Waals surface area contributed by atoms with E-state index in [9.17, 15) is 0 Å². The van der Waals surface area contributed by atoms with Gasteiger partial charge in [-0.25, -0.2) is 4.98 Å². The number of rotatable bonds is 4. The van der Waals surface area contributed by atoms with Gasteiger partial charge in [0, 0.05) is 23.5 Å². The van der Waals surface area contributed by atoms with E-state index in [0.29, 0.717) is 6.04 Å². The van der Waals surface area contributed by atoms with Crippen LogP contribution in [-0.2, 0) is 6.42 Å². The number of hydrogen-bond acceptors (Lipinski definition) is 3. The van der Waals surface area contributed by atoms with E-state index in [1.165, 1.54) is 16.1 Å². The summed E-state index contributed by atoms with van der Waals surface area (Å²) in [6.45, 7) is 4.17. The van der Waals surface area contributed by atoms with Crippen LogP contribution in [0.15, 0.2) is 29.6 Å². The molecule has 0 spiro atoms. The molecule has 2 nitrogen and oxygen atoms in total. The summed E-state index contributed by atoms with van der Waals surface area (Å²) in [5.41, 5.74) is 3.75. The molecule has 1 heterocycles. The normalized spacial score (nSPS) is 12.6. The van der Waals surface area contributed by atoms with Gasteiger partial charge in [-0.2, -0.15) is 0 Å². The molecular weight excluding hydrogens is 228 g/mol. The van der Waals surface area contributed by atoms with Crippen LogP contribution in [0.25, 0.3) is 0 Å². The Morgan fingerprint density at radius 3 is 2.76 bits per heavy atom. The number of benzene rings is 1. The number of nitrogens with one attached hydrogen (secondary N) is 1. The smallest absolute Gasteiger partial charge is 0.0947 e. The van der Waals surface area contributed by atoms with Crippen LogP contribution in [0.3, 0.4) is 0 Å². The zero-order chi connectivity index (χ0) is 12.3. The average Bonchev–Trinajstić information content (AvgIpc) is 2.72. The van der Waals surface area contributed by atoms with E-state index in [0.717, 1.165) is 12.1 Å². The van der Waals surface area contributed by atoms with Gasteiger partial charge in [-0.3, -0.25) is 0 Å². The lowest BCUT2D eigenvalue weighted by atomic mass is 10.0. The van der Waals surface area contributed by atoms with Gasteiger partial charge in [0.05, 0.1) is 5.01 Å². The third-order valence-electron chi connectivity index (χ3n) is 2.84. The number of likely N-dealkylation sites (N-methyl/N-ethyl adjacent to an activating group) is 1. The molecule has 0 saturated carbocycles. The Hall–Kier alpha value is -1.19. The molecule has 1 atom stereocenters. The zero-order valence-electron chi connectivity index (χ0n) is 10.5. The number of aromatic nitrogens is 1.